The molecule has 0 aliphatic heterocycles. The topological polar surface area (TPSA) is 128 Å². The normalized spacial score (nSPS) is 12.6. The summed E-state index contributed by atoms with van der Waals surface area (Å²) >= 11 is 6.46. The van der Waals surface area contributed by atoms with E-state index in [1.165, 1.54) is 29.2 Å². The quantitative estimate of drug-likeness (QED) is 0.146. The fourth-order valence-electron chi connectivity index (χ4n) is 4.94. The Morgan fingerprint density at radius 2 is 1.62 bits per heavy atom. The Hall–Kier alpha value is -4.24. The Morgan fingerprint density at radius 1 is 0.933 bits per heavy atom. The van der Waals surface area contributed by atoms with Crippen molar-refractivity contribution in [2.24, 2.45) is 0 Å². The average molecular weight is 638 g/mol. The number of halogens is 1. The molecule has 0 fully saturated rings. The van der Waals surface area contributed by atoms with Crippen LogP contribution in [0.15, 0.2) is 66.7 Å². The van der Waals surface area contributed by atoms with E-state index in [4.69, 9.17) is 16.3 Å². The highest BCUT2D eigenvalue weighted by Crippen LogP contribution is 2.31. The Balaban J connectivity index is 2.10. The van der Waals surface area contributed by atoms with E-state index in [1.54, 1.807) is 57.2 Å². The maximum absolute atomic E-state index is 14.6. The number of unbranched alkanes of at least 4 members (excludes halogenated alkanes) is 3. The van der Waals surface area contributed by atoms with Crippen LogP contribution in [0.25, 0.3) is 0 Å². The summed E-state index contributed by atoms with van der Waals surface area (Å²) in [6.45, 7) is 9.27. The van der Waals surface area contributed by atoms with E-state index in [1.807, 2.05) is 13.0 Å². The third-order valence-electron chi connectivity index (χ3n) is 7.12. The van der Waals surface area contributed by atoms with E-state index >= 15 is 0 Å². The number of hydrogen-bond donors (Lipinski definition) is 4. The van der Waals surface area contributed by atoms with Crippen molar-refractivity contribution in [2.75, 3.05) is 11.9 Å². The summed E-state index contributed by atoms with van der Waals surface area (Å²) in [6.07, 6.45) is 2.63. The second-order valence-corrected chi connectivity index (χ2v) is 12.5. The number of phenolic OH excluding ortho intramolecular Hbond substituents is 2. The van der Waals surface area contributed by atoms with Crippen molar-refractivity contribution in [1.29, 1.82) is 0 Å². The summed E-state index contributed by atoms with van der Waals surface area (Å²) < 4.78 is 5.49. The number of para-hydroxylation sites is 1. The van der Waals surface area contributed by atoms with Crippen molar-refractivity contribution in [3.05, 3.63) is 88.4 Å². The van der Waals surface area contributed by atoms with Gasteiger partial charge in [-0.1, -0.05) is 74.2 Å². The molecule has 242 valence electrons. The van der Waals surface area contributed by atoms with Gasteiger partial charge in [0.25, 0.3) is 5.91 Å². The molecule has 0 saturated heterocycles. The molecule has 45 heavy (non-hydrogen) atoms. The van der Waals surface area contributed by atoms with Gasteiger partial charge in [-0.05, 0) is 81.1 Å². The summed E-state index contributed by atoms with van der Waals surface area (Å²) in [5.74, 6) is -1.04. The zero-order valence-electron chi connectivity index (χ0n) is 26.6. The third-order valence-corrected chi connectivity index (χ3v) is 7.43. The van der Waals surface area contributed by atoms with Gasteiger partial charge in [0.15, 0.2) is 0 Å². The molecule has 0 aromatic heterocycles. The van der Waals surface area contributed by atoms with Crippen molar-refractivity contribution in [3.8, 4) is 11.5 Å². The lowest BCUT2D eigenvalue weighted by Gasteiger charge is -2.35. The molecule has 0 saturated carbocycles. The highest BCUT2D eigenvalue weighted by atomic mass is 35.5. The smallest absolute Gasteiger partial charge is 0.408 e. The van der Waals surface area contributed by atoms with Gasteiger partial charge in [0.05, 0.1) is 10.7 Å². The highest BCUT2D eigenvalue weighted by Gasteiger charge is 2.37. The van der Waals surface area contributed by atoms with Crippen molar-refractivity contribution < 1.29 is 29.3 Å². The molecular weight excluding hydrogens is 594 g/mol. The van der Waals surface area contributed by atoms with Crippen LogP contribution in [0.1, 0.15) is 76.1 Å². The van der Waals surface area contributed by atoms with Crippen LogP contribution < -0.4 is 10.6 Å². The molecule has 3 aromatic carbocycles. The molecule has 3 amide bonds. The summed E-state index contributed by atoms with van der Waals surface area (Å²) in [7, 11) is 0. The maximum Gasteiger partial charge on any atom is 0.408 e. The SMILES string of the molecule is CCCCCCN(C(=O)C(Cc1ccc(O)cc1)NC(=O)OC(C)(C)C)C(C(=O)Nc1c(C)cccc1Cl)c1cccc(O)c1. The van der Waals surface area contributed by atoms with Gasteiger partial charge in [-0.25, -0.2) is 4.79 Å². The van der Waals surface area contributed by atoms with Gasteiger partial charge in [0.2, 0.25) is 5.91 Å². The van der Waals surface area contributed by atoms with Gasteiger partial charge in [0.1, 0.15) is 29.2 Å². The number of benzene rings is 3. The Kier molecular flexibility index (Phi) is 12.7. The van der Waals surface area contributed by atoms with Crippen molar-refractivity contribution in [2.45, 2.75) is 84.4 Å². The van der Waals surface area contributed by atoms with E-state index in [2.05, 4.69) is 17.6 Å². The maximum atomic E-state index is 14.6. The predicted molar refractivity (Wildman–Crippen MR) is 176 cm³/mol. The van der Waals surface area contributed by atoms with Crippen LogP contribution in [-0.4, -0.2) is 51.2 Å². The molecule has 4 N–H and O–H groups in total. The molecule has 0 aliphatic rings. The van der Waals surface area contributed by atoms with Gasteiger partial charge in [-0.15, -0.1) is 0 Å². The number of hydrogen-bond acceptors (Lipinski definition) is 6. The Morgan fingerprint density at radius 3 is 2.24 bits per heavy atom. The lowest BCUT2D eigenvalue weighted by molar-refractivity contribution is -0.140. The van der Waals surface area contributed by atoms with Crippen LogP contribution in [-0.2, 0) is 20.7 Å². The molecule has 0 bridgehead atoms. The van der Waals surface area contributed by atoms with E-state index in [0.29, 0.717) is 28.3 Å². The molecule has 0 heterocycles. The molecule has 10 heteroatoms. The first-order valence-corrected chi connectivity index (χ1v) is 15.6. The Bertz CT molecular complexity index is 1430. The fraction of sp³-hybridized carbons (Fsp3) is 0.400. The minimum atomic E-state index is -1.18. The minimum absolute atomic E-state index is 0.0646. The first-order valence-electron chi connectivity index (χ1n) is 15.2. The van der Waals surface area contributed by atoms with Crippen molar-refractivity contribution >= 4 is 35.2 Å². The fourth-order valence-corrected chi connectivity index (χ4v) is 5.21. The lowest BCUT2D eigenvalue weighted by Crippen LogP contribution is -2.53. The third kappa shape index (κ3) is 10.7. The number of carbonyl (C=O) groups excluding carboxylic acids is 3. The number of nitrogens with zero attached hydrogens (tertiary/aromatic N) is 1. The van der Waals surface area contributed by atoms with Gasteiger partial charge >= 0.3 is 6.09 Å². The van der Waals surface area contributed by atoms with Crippen molar-refractivity contribution in [3.63, 3.8) is 0 Å². The molecule has 2 unspecified atom stereocenters. The van der Waals surface area contributed by atoms with E-state index in [9.17, 15) is 24.6 Å². The standard InChI is InChI=1S/C35H44ClN3O6/c1-6-7-8-9-20-39(33(43)29(37-34(44)45-35(3,4)5)21-24-16-18-26(40)19-17-24)31(25-13-11-14-27(41)22-25)32(42)38-30-23(2)12-10-15-28(30)36/h10-19,22,29,31,40-41H,6-9,20-21H2,1-5H3,(H,37,44)(H,38,42). The van der Waals surface area contributed by atoms with Crippen LogP contribution in [0, 0.1) is 6.92 Å². The van der Waals surface area contributed by atoms with Gasteiger partial charge in [-0.3, -0.25) is 9.59 Å². The van der Waals surface area contributed by atoms with Crippen LogP contribution in [0.3, 0.4) is 0 Å². The van der Waals surface area contributed by atoms with Crippen LogP contribution in [0.4, 0.5) is 10.5 Å². The van der Waals surface area contributed by atoms with Crippen LogP contribution in [0.2, 0.25) is 5.02 Å². The Labute approximate surface area is 270 Å². The molecule has 0 aliphatic carbocycles. The number of aryl methyl sites for hydroxylation is 1. The first-order chi connectivity index (χ1) is 21.3. The molecule has 2 atom stereocenters. The molecular formula is C35H44ClN3O6. The number of nitrogens with one attached hydrogen (secondary N) is 2. The van der Waals surface area contributed by atoms with Gasteiger partial charge in [0, 0.05) is 13.0 Å². The molecule has 3 rings (SSSR count). The van der Waals surface area contributed by atoms with Crippen molar-refractivity contribution in [1.82, 2.24) is 10.2 Å². The molecule has 9 nitrogen and oxygen atoms in total. The van der Waals surface area contributed by atoms with E-state index < -0.39 is 35.6 Å². The molecule has 0 spiro atoms. The summed E-state index contributed by atoms with van der Waals surface area (Å²) in [5.41, 5.74) is 1.41. The summed E-state index contributed by atoms with van der Waals surface area (Å²) in [6, 6.07) is 15.5. The van der Waals surface area contributed by atoms with Crippen LogP contribution in [0.5, 0.6) is 11.5 Å². The highest BCUT2D eigenvalue weighted by molar-refractivity contribution is 6.34. The molecule has 3 aromatic rings. The second-order valence-electron chi connectivity index (χ2n) is 12.1. The number of phenols is 2. The van der Waals surface area contributed by atoms with E-state index in [0.717, 1.165) is 24.8 Å². The monoisotopic (exact) mass is 637 g/mol. The zero-order valence-corrected chi connectivity index (χ0v) is 27.4. The summed E-state index contributed by atoms with van der Waals surface area (Å²) in [4.78, 5) is 43.3. The number of anilines is 1. The molecule has 0 radical (unpaired) electrons. The average Bonchev–Trinajstić information content (AvgIpc) is 2.96. The van der Waals surface area contributed by atoms with Crippen LogP contribution >= 0.6 is 11.6 Å². The predicted octanol–water partition coefficient (Wildman–Crippen LogP) is 7.28. The summed E-state index contributed by atoms with van der Waals surface area (Å²) in [5, 5.41) is 26.2. The minimum Gasteiger partial charge on any atom is -0.508 e. The van der Waals surface area contributed by atoms with Gasteiger partial charge in [-0.2, -0.15) is 0 Å². The number of amides is 3. The lowest BCUT2D eigenvalue weighted by atomic mass is 9.99. The number of alkyl carbamates (subject to hydrolysis) is 1. The first kappa shape index (κ1) is 35.2. The number of aromatic hydroxyl groups is 2. The van der Waals surface area contributed by atoms with E-state index in [-0.39, 0.29) is 24.5 Å². The zero-order chi connectivity index (χ0) is 33.1. The number of rotatable bonds is 13. The number of ether oxygens (including phenoxy) is 1. The largest absolute Gasteiger partial charge is 0.508 e. The second kappa shape index (κ2) is 16.2. The van der Waals surface area contributed by atoms with Gasteiger partial charge < -0.3 is 30.5 Å². The number of carbonyl (C=O) groups is 3.